The van der Waals surface area contributed by atoms with E-state index in [2.05, 4.69) is 109 Å². The van der Waals surface area contributed by atoms with Crippen LogP contribution in [0.15, 0.2) is 67.0 Å². The van der Waals surface area contributed by atoms with E-state index < -0.39 is 0 Å². The summed E-state index contributed by atoms with van der Waals surface area (Å²) in [5, 5.41) is 0. The first-order chi connectivity index (χ1) is 15.0. The largest absolute Gasteiger partial charge is 0.477 e. The first-order valence-electron chi connectivity index (χ1n) is 10.4. The van der Waals surface area contributed by atoms with Crippen LogP contribution in [0.5, 0.6) is 0 Å². The quantitative estimate of drug-likeness (QED) is 0.250. The molecule has 0 bridgehead atoms. The molecule has 32 heavy (non-hydrogen) atoms. The zero-order valence-corrected chi connectivity index (χ0v) is 20.9. The van der Waals surface area contributed by atoms with E-state index in [-0.39, 0.29) is 20.1 Å². The maximum absolute atomic E-state index is 4.65. The van der Waals surface area contributed by atoms with Crippen molar-refractivity contribution in [3.63, 3.8) is 0 Å². The average Bonchev–Trinajstić information content (AvgIpc) is 3.13. The minimum absolute atomic E-state index is 0. The zero-order valence-electron chi connectivity index (χ0n) is 18.6. The van der Waals surface area contributed by atoms with E-state index in [1.54, 1.807) is 12.4 Å². The molecule has 4 nitrogen and oxygen atoms in total. The number of benzene rings is 3. The van der Waals surface area contributed by atoms with E-state index in [4.69, 9.17) is 0 Å². The maximum atomic E-state index is 4.65. The van der Waals surface area contributed by atoms with Gasteiger partial charge in [0, 0.05) is 38.2 Å². The summed E-state index contributed by atoms with van der Waals surface area (Å²) < 4.78 is 0. The topological polar surface area (TPSA) is 32.3 Å². The Balaban J connectivity index is 0.00000245. The summed E-state index contributed by atoms with van der Waals surface area (Å²) >= 11 is 0. The second-order valence-electron chi connectivity index (χ2n) is 8.13. The Hall–Kier alpha value is -3.01. The predicted octanol–water partition coefficient (Wildman–Crippen LogP) is 6.58. The van der Waals surface area contributed by atoms with Gasteiger partial charge in [-0.05, 0) is 67.6 Å². The van der Waals surface area contributed by atoms with Crippen LogP contribution in [0, 0.1) is 40.4 Å². The average molecular weight is 597 g/mol. The van der Waals surface area contributed by atoms with Crippen LogP contribution >= 0.6 is 0 Å². The Labute approximate surface area is 203 Å². The van der Waals surface area contributed by atoms with Gasteiger partial charge in [-0.1, -0.05) is 24.3 Å². The number of hydrogen-bond acceptors (Lipinski definition) is 4. The second kappa shape index (κ2) is 8.85. The first-order valence-corrected chi connectivity index (χ1v) is 10.4. The molecular formula is C27H24IrN4-2. The molecule has 0 N–H and O–H groups in total. The zero-order chi connectivity index (χ0) is 21.5. The number of aryl methyl sites for hydroxylation is 4. The number of anilines is 4. The fourth-order valence-corrected chi connectivity index (χ4v) is 4.36. The Morgan fingerprint density at radius 3 is 2.06 bits per heavy atom. The third kappa shape index (κ3) is 3.94. The smallest absolute Gasteiger partial charge is 0.145 e. The van der Waals surface area contributed by atoms with Crippen molar-refractivity contribution < 1.29 is 20.1 Å². The van der Waals surface area contributed by atoms with Crippen LogP contribution < -0.4 is 9.80 Å². The van der Waals surface area contributed by atoms with E-state index in [1.165, 1.54) is 33.4 Å². The number of aromatic nitrogens is 2. The molecule has 0 atom stereocenters. The van der Waals surface area contributed by atoms with Crippen LogP contribution in [0.2, 0.25) is 0 Å². The molecule has 0 saturated heterocycles. The van der Waals surface area contributed by atoms with Gasteiger partial charge in [0.1, 0.15) is 11.6 Å². The normalized spacial score (nSPS) is 12.5. The molecule has 0 unspecified atom stereocenters. The minimum atomic E-state index is 0. The standard InChI is InChI=1S/C27H24N4.Ir/c1-18-13-19(2)15-24(14-18)31-17-30(26-27(31)29-12-11-28-26)23-10-6-9-22(16-23)25-20(3)7-5-8-21(25)4;/h5-9,11-17H,1-4H3;/q-2;. The monoisotopic (exact) mass is 597 g/mol. The van der Waals surface area contributed by atoms with Crippen molar-refractivity contribution in [1.82, 2.24) is 9.97 Å². The minimum Gasteiger partial charge on any atom is -0.477 e. The van der Waals surface area contributed by atoms with Crippen LogP contribution in [0.4, 0.5) is 23.0 Å². The summed E-state index contributed by atoms with van der Waals surface area (Å²) in [6.07, 6.45) is 3.47. The van der Waals surface area contributed by atoms with E-state index in [1.807, 2.05) is 6.07 Å². The van der Waals surface area contributed by atoms with Crippen molar-refractivity contribution in [3.05, 3.63) is 102 Å². The number of nitrogens with zero attached hydrogens (tertiary/aromatic N) is 4. The summed E-state index contributed by atoms with van der Waals surface area (Å²) in [7, 11) is 0. The molecule has 3 aromatic carbocycles. The summed E-state index contributed by atoms with van der Waals surface area (Å²) in [6, 6.07) is 22.6. The Morgan fingerprint density at radius 1 is 0.781 bits per heavy atom. The van der Waals surface area contributed by atoms with E-state index in [0.717, 1.165) is 23.0 Å². The third-order valence-electron chi connectivity index (χ3n) is 5.65. The van der Waals surface area contributed by atoms with Gasteiger partial charge in [0.05, 0.1) is 0 Å². The van der Waals surface area contributed by atoms with Gasteiger partial charge in [-0.3, -0.25) is 0 Å². The molecule has 5 heteroatoms. The van der Waals surface area contributed by atoms with Gasteiger partial charge in [0.2, 0.25) is 0 Å². The van der Waals surface area contributed by atoms with Gasteiger partial charge in [0.15, 0.2) is 0 Å². The summed E-state index contributed by atoms with van der Waals surface area (Å²) in [4.78, 5) is 13.4. The molecule has 163 valence electrons. The van der Waals surface area contributed by atoms with Gasteiger partial charge in [0.25, 0.3) is 0 Å². The van der Waals surface area contributed by atoms with Crippen LogP contribution in [0.25, 0.3) is 11.1 Å². The summed E-state index contributed by atoms with van der Waals surface area (Å²) in [5.74, 6) is 1.62. The number of hydrogen-bond donors (Lipinski definition) is 0. The fraction of sp³-hybridized carbons (Fsp3) is 0.148. The Kier molecular flexibility index (Phi) is 6.14. The van der Waals surface area contributed by atoms with Gasteiger partial charge in [-0.25, -0.2) is 9.97 Å². The predicted molar refractivity (Wildman–Crippen MR) is 127 cm³/mol. The molecule has 4 aromatic rings. The van der Waals surface area contributed by atoms with E-state index >= 15 is 0 Å². The van der Waals surface area contributed by atoms with Crippen molar-refractivity contribution in [2.75, 3.05) is 9.80 Å². The molecule has 5 rings (SSSR count). The van der Waals surface area contributed by atoms with E-state index in [0.29, 0.717) is 0 Å². The summed E-state index contributed by atoms with van der Waals surface area (Å²) in [6.45, 7) is 10.6. The maximum Gasteiger partial charge on any atom is 0.145 e. The molecule has 1 radical (unpaired) electrons. The van der Waals surface area contributed by atoms with E-state index in [9.17, 15) is 0 Å². The van der Waals surface area contributed by atoms with Crippen molar-refractivity contribution in [3.8, 4) is 11.1 Å². The fourth-order valence-electron chi connectivity index (χ4n) is 4.36. The molecule has 1 aromatic heterocycles. The van der Waals surface area contributed by atoms with Gasteiger partial charge in [-0.2, -0.15) is 18.2 Å². The molecule has 0 fully saturated rings. The molecule has 0 saturated carbocycles. The molecule has 0 amide bonds. The molecule has 0 aliphatic carbocycles. The van der Waals surface area contributed by atoms with Crippen LogP contribution in [0.1, 0.15) is 22.3 Å². The van der Waals surface area contributed by atoms with Crippen molar-refractivity contribution in [2.45, 2.75) is 27.7 Å². The van der Waals surface area contributed by atoms with Crippen molar-refractivity contribution in [1.29, 1.82) is 0 Å². The van der Waals surface area contributed by atoms with Gasteiger partial charge >= 0.3 is 0 Å². The van der Waals surface area contributed by atoms with Gasteiger partial charge < -0.3 is 9.80 Å². The van der Waals surface area contributed by atoms with Crippen LogP contribution in [-0.4, -0.2) is 9.97 Å². The molecule has 1 aliphatic heterocycles. The number of fused-ring (bicyclic) bond motifs is 1. The van der Waals surface area contributed by atoms with Crippen molar-refractivity contribution >= 4 is 23.0 Å². The molecule has 1 aliphatic rings. The second-order valence-corrected chi connectivity index (χ2v) is 8.13. The Bertz CT molecular complexity index is 1240. The molecule has 0 spiro atoms. The SMILES string of the molecule is Cc1cc(C)cc(N2[CH-]N(c3[c-]ccc(-c4c(C)cccc4C)c3)c3nccnc32)c1.[Ir]. The van der Waals surface area contributed by atoms with Crippen LogP contribution in [0.3, 0.4) is 0 Å². The third-order valence-corrected chi connectivity index (χ3v) is 5.65. The Morgan fingerprint density at radius 2 is 1.41 bits per heavy atom. The number of rotatable bonds is 3. The van der Waals surface area contributed by atoms with Gasteiger partial charge in [-0.15, -0.1) is 24.0 Å². The first kappa shape index (κ1) is 22.2. The molecule has 2 heterocycles. The summed E-state index contributed by atoms with van der Waals surface area (Å²) in [5.41, 5.74) is 9.42. The van der Waals surface area contributed by atoms with Crippen molar-refractivity contribution in [2.24, 2.45) is 0 Å². The van der Waals surface area contributed by atoms with Crippen LogP contribution in [-0.2, 0) is 20.1 Å². The molecular weight excluding hydrogens is 573 g/mol.